The van der Waals surface area contributed by atoms with E-state index < -0.39 is 0 Å². The molecule has 1 saturated carbocycles. The summed E-state index contributed by atoms with van der Waals surface area (Å²) in [4.78, 5) is 0. The summed E-state index contributed by atoms with van der Waals surface area (Å²) in [6, 6.07) is 16.0. The number of benzene rings is 2. The number of nitrogens with one attached hydrogen (secondary N) is 1. The highest BCUT2D eigenvalue weighted by molar-refractivity contribution is 5.85. The third-order valence-corrected chi connectivity index (χ3v) is 4.99. The first kappa shape index (κ1) is 22.5. The minimum atomic E-state index is -0.257. The predicted molar refractivity (Wildman–Crippen MR) is 116 cm³/mol. The molecule has 3 atom stereocenters. The molecule has 2 aromatic rings. The third kappa shape index (κ3) is 6.40. The maximum Gasteiger partial charge on any atom is 0.127 e. The lowest BCUT2D eigenvalue weighted by Crippen LogP contribution is -2.47. The van der Waals surface area contributed by atoms with Gasteiger partial charge in [-0.25, -0.2) is 0 Å². The van der Waals surface area contributed by atoms with Crippen LogP contribution in [-0.4, -0.2) is 29.9 Å². The minimum Gasteiger partial charge on any atom is -0.497 e. The van der Waals surface area contributed by atoms with Crippen molar-refractivity contribution < 1.29 is 14.6 Å². The van der Waals surface area contributed by atoms with E-state index in [0.29, 0.717) is 5.92 Å². The zero-order valence-corrected chi connectivity index (χ0v) is 18.0. The van der Waals surface area contributed by atoms with Crippen LogP contribution in [-0.2, 0) is 6.42 Å². The van der Waals surface area contributed by atoms with E-state index in [1.165, 1.54) is 5.56 Å². The van der Waals surface area contributed by atoms with Crippen molar-refractivity contribution in [3.05, 3.63) is 54.1 Å². The van der Waals surface area contributed by atoms with Gasteiger partial charge in [0.05, 0.1) is 13.2 Å². The summed E-state index contributed by atoms with van der Waals surface area (Å²) in [5, 5.41) is 13.9. The third-order valence-electron chi connectivity index (χ3n) is 4.99. The maximum absolute atomic E-state index is 10.4. The van der Waals surface area contributed by atoms with Crippen LogP contribution in [0.1, 0.15) is 39.2 Å². The fourth-order valence-corrected chi connectivity index (χ4v) is 3.80. The van der Waals surface area contributed by atoms with Gasteiger partial charge in [-0.05, 0) is 87.9 Å². The molecule has 0 amide bonds. The van der Waals surface area contributed by atoms with Gasteiger partial charge in [-0.15, -0.1) is 12.4 Å². The Morgan fingerprint density at radius 2 is 1.46 bits per heavy atom. The lowest BCUT2D eigenvalue weighted by molar-refractivity contribution is 0.133. The zero-order valence-electron chi connectivity index (χ0n) is 17.1. The Labute approximate surface area is 174 Å². The van der Waals surface area contributed by atoms with E-state index in [1.807, 2.05) is 36.4 Å². The van der Waals surface area contributed by atoms with Gasteiger partial charge in [0.2, 0.25) is 0 Å². The standard InChI is InChI=1S/C23H31NO3.ClH/c1-23(2,3)24-21-14-17(15-22(21)25)13-16-5-7-19(8-6-16)27-20-11-9-18(26-4)10-12-20;/h5-12,17,21-22,24-25H,13-15H2,1-4H3;1H/t17-,21+,22+;/m0./s1. The van der Waals surface area contributed by atoms with Gasteiger partial charge in [0.25, 0.3) is 0 Å². The molecular weight excluding hydrogens is 374 g/mol. The van der Waals surface area contributed by atoms with Crippen LogP contribution in [0.25, 0.3) is 0 Å². The second kappa shape index (κ2) is 9.64. The molecule has 5 heteroatoms. The Balaban J connectivity index is 0.00000280. The number of aliphatic hydroxyl groups is 1. The normalized spacial score (nSPS) is 21.8. The van der Waals surface area contributed by atoms with Gasteiger partial charge in [0, 0.05) is 11.6 Å². The highest BCUT2D eigenvalue weighted by atomic mass is 35.5. The molecule has 28 heavy (non-hydrogen) atoms. The van der Waals surface area contributed by atoms with Crippen molar-refractivity contribution in [2.45, 2.75) is 57.7 Å². The van der Waals surface area contributed by atoms with Crippen molar-refractivity contribution in [1.82, 2.24) is 5.32 Å². The van der Waals surface area contributed by atoms with Crippen molar-refractivity contribution in [1.29, 1.82) is 0 Å². The summed E-state index contributed by atoms with van der Waals surface area (Å²) in [6.45, 7) is 6.44. The largest absolute Gasteiger partial charge is 0.497 e. The van der Waals surface area contributed by atoms with Gasteiger partial charge in [-0.2, -0.15) is 0 Å². The number of hydrogen-bond donors (Lipinski definition) is 2. The molecule has 1 aliphatic rings. The number of methoxy groups -OCH3 is 1. The first-order chi connectivity index (χ1) is 12.8. The Kier molecular flexibility index (Phi) is 7.76. The molecule has 154 valence electrons. The Bertz CT molecular complexity index is 725. The first-order valence-electron chi connectivity index (χ1n) is 9.69. The SMILES string of the molecule is COc1ccc(Oc2ccc(C[C@@H]3C[C@@H](O)[C@H](NC(C)(C)C)C3)cc2)cc1.Cl. The first-order valence-corrected chi connectivity index (χ1v) is 9.69. The number of ether oxygens (including phenoxy) is 2. The summed E-state index contributed by atoms with van der Waals surface area (Å²) in [5.41, 5.74) is 1.31. The topological polar surface area (TPSA) is 50.7 Å². The number of aliphatic hydroxyl groups excluding tert-OH is 1. The van der Waals surface area contributed by atoms with E-state index in [-0.39, 0.29) is 30.1 Å². The predicted octanol–water partition coefficient (Wildman–Crippen LogP) is 4.98. The minimum absolute atomic E-state index is 0. The molecule has 1 aliphatic carbocycles. The van der Waals surface area contributed by atoms with Crippen LogP contribution < -0.4 is 14.8 Å². The maximum atomic E-state index is 10.4. The van der Waals surface area contributed by atoms with Crippen molar-refractivity contribution >= 4 is 12.4 Å². The highest BCUT2D eigenvalue weighted by Gasteiger charge is 2.34. The Morgan fingerprint density at radius 1 is 0.929 bits per heavy atom. The lowest BCUT2D eigenvalue weighted by atomic mass is 9.97. The molecular formula is C23H32ClNO3. The molecule has 0 aliphatic heterocycles. The molecule has 3 rings (SSSR count). The van der Waals surface area contributed by atoms with E-state index in [4.69, 9.17) is 9.47 Å². The van der Waals surface area contributed by atoms with E-state index in [2.05, 4.69) is 38.2 Å². The molecule has 0 radical (unpaired) electrons. The van der Waals surface area contributed by atoms with Crippen molar-refractivity contribution in [3.63, 3.8) is 0 Å². The van der Waals surface area contributed by atoms with Crippen molar-refractivity contribution in [3.8, 4) is 17.2 Å². The van der Waals surface area contributed by atoms with E-state index in [9.17, 15) is 5.11 Å². The fraction of sp³-hybridized carbons (Fsp3) is 0.478. The molecule has 0 saturated heterocycles. The Morgan fingerprint density at radius 3 is 2.00 bits per heavy atom. The quantitative estimate of drug-likeness (QED) is 0.711. The van der Waals surface area contributed by atoms with E-state index >= 15 is 0 Å². The average Bonchev–Trinajstić information content (AvgIpc) is 2.94. The molecule has 0 aromatic heterocycles. The zero-order chi connectivity index (χ0) is 19.4. The van der Waals surface area contributed by atoms with Gasteiger partial charge >= 0.3 is 0 Å². The van der Waals surface area contributed by atoms with Gasteiger partial charge in [0.15, 0.2) is 0 Å². The monoisotopic (exact) mass is 405 g/mol. The van der Waals surface area contributed by atoms with Gasteiger partial charge in [0.1, 0.15) is 17.2 Å². The lowest BCUT2D eigenvalue weighted by Gasteiger charge is -2.27. The number of rotatable bonds is 6. The van der Waals surface area contributed by atoms with Crippen molar-refractivity contribution in [2.75, 3.05) is 7.11 Å². The van der Waals surface area contributed by atoms with Gasteiger partial charge < -0.3 is 19.9 Å². The molecule has 4 nitrogen and oxygen atoms in total. The van der Waals surface area contributed by atoms with Crippen LogP contribution >= 0.6 is 12.4 Å². The van der Waals surface area contributed by atoms with E-state index in [1.54, 1.807) is 7.11 Å². The summed E-state index contributed by atoms with van der Waals surface area (Å²) in [6.07, 6.45) is 2.61. The van der Waals surface area contributed by atoms with Crippen LogP contribution in [0.5, 0.6) is 17.2 Å². The molecule has 2 aromatic carbocycles. The second-order valence-corrected chi connectivity index (χ2v) is 8.53. The number of hydrogen-bond acceptors (Lipinski definition) is 4. The molecule has 1 fully saturated rings. The Hall–Kier alpha value is -1.75. The number of halogens is 1. The van der Waals surface area contributed by atoms with Crippen LogP contribution in [0.2, 0.25) is 0 Å². The smallest absolute Gasteiger partial charge is 0.127 e. The van der Waals surface area contributed by atoms with Crippen LogP contribution in [0, 0.1) is 5.92 Å². The fourth-order valence-electron chi connectivity index (χ4n) is 3.80. The summed E-state index contributed by atoms with van der Waals surface area (Å²) < 4.78 is 11.0. The molecule has 0 unspecified atom stereocenters. The average molecular weight is 406 g/mol. The molecule has 0 bridgehead atoms. The molecule has 0 spiro atoms. The summed E-state index contributed by atoms with van der Waals surface area (Å²) >= 11 is 0. The molecule has 2 N–H and O–H groups in total. The summed E-state index contributed by atoms with van der Waals surface area (Å²) in [7, 11) is 1.65. The van der Waals surface area contributed by atoms with Crippen LogP contribution in [0.4, 0.5) is 0 Å². The highest BCUT2D eigenvalue weighted by Crippen LogP contribution is 2.31. The second-order valence-electron chi connectivity index (χ2n) is 8.53. The van der Waals surface area contributed by atoms with Crippen molar-refractivity contribution in [2.24, 2.45) is 5.92 Å². The van der Waals surface area contributed by atoms with Gasteiger partial charge in [-0.3, -0.25) is 0 Å². The van der Waals surface area contributed by atoms with Gasteiger partial charge in [-0.1, -0.05) is 12.1 Å². The van der Waals surface area contributed by atoms with Crippen LogP contribution in [0.15, 0.2) is 48.5 Å². The summed E-state index contributed by atoms with van der Waals surface area (Å²) in [5.74, 6) is 2.94. The molecule has 0 heterocycles. The van der Waals surface area contributed by atoms with Crippen LogP contribution in [0.3, 0.4) is 0 Å². The van der Waals surface area contributed by atoms with E-state index in [0.717, 1.165) is 36.5 Å².